The highest BCUT2D eigenvalue weighted by Crippen LogP contribution is 2.32. The summed E-state index contributed by atoms with van der Waals surface area (Å²) in [5, 5.41) is 5.91. The molecule has 0 radical (unpaired) electrons. The quantitative estimate of drug-likeness (QED) is 0.762. The first kappa shape index (κ1) is 13.9. The van der Waals surface area contributed by atoms with Crippen molar-refractivity contribution in [2.45, 2.75) is 6.04 Å². The summed E-state index contributed by atoms with van der Waals surface area (Å²) in [6.45, 7) is 3.45. The van der Waals surface area contributed by atoms with Crippen LogP contribution in [0.2, 0.25) is 0 Å². The molecule has 1 atom stereocenters. The first-order valence-electron chi connectivity index (χ1n) is 6.13. The molecule has 0 saturated carbocycles. The molecule has 19 heavy (non-hydrogen) atoms. The fourth-order valence-electron chi connectivity index (χ4n) is 2.41. The number of carbonyl (C=O) groups is 1. The van der Waals surface area contributed by atoms with Crippen LogP contribution in [0.15, 0.2) is 12.1 Å². The van der Waals surface area contributed by atoms with Gasteiger partial charge in [0.15, 0.2) is 0 Å². The van der Waals surface area contributed by atoms with Crippen LogP contribution in [-0.4, -0.2) is 50.2 Å². The number of nitrogens with one attached hydrogen (secondary N) is 2. The van der Waals surface area contributed by atoms with Gasteiger partial charge in [-0.15, -0.1) is 12.4 Å². The molecule has 3 rings (SSSR count). The molecule has 0 unspecified atom stereocenters. The van der Waals surface area contributed by atoms with Gasteiger partial charge < -0.3 is 20.3 Å². The number of halogens is 1. The van der Waals surface area contributed by atoms with Crippen LogP contribution in [0.1, 0.15) is 10.5 Å². The van der Waals surface area contributed by atoms with Crippen molar-refractivity contribution in [2.75, 3.05) is 38.2 Å². The lowest BCUT2D eigenvalue weighted by atomic mass is 10.1. The van der Waals surface area contributed by atoms with E-state index in [9.17, 15) is 4.79 Å². The molecule has 6 nitrogen and oxygen atoms in total. The van der Waals surface area contributed by atoms with Crippen LogP contribution in [0.5, 0.6) is 5.88 Å². The number of carbonyl (C=O) groups excluding carboxylic acids is 1. The van der Waals surface area contributed by atoms with Gasteiger partial charge in [0.2, 0.25) is 5.88 Å². The van der Waals surface area contributed by atoms with Crippen molar-refractivity contribution in [1.82, 2.24) is 15.6 Å². The summed E-state index contributed by atoms with van der Waals surface area (Å²) in [4.78, 5) is 18.1. The van der Waals surface area contributed by atoms with Crippen molar-refractivity contribution in [3.05, 3.63) is 17.8 Å². The SMILES string of the molecule is CNC(=O)c1ccc2c(n1)OC[C@@H]1CNCCN21.Cl. The molecule has 7 heteroatoms. The van der Waals surface area contributed by atoms with E-state index in [1.807, 2.05) is 6.07 Å². The zero-order valence-corrected chi connectivity index (χ0v) is 11.5. The van der Waals surface area contributed by atoms with Crippen molar-refractivity contribution < 1.29 is 9.53 Å². The van der Waals surface area contributed by atoms with Gasteiger partial charge in [0, 0.05) is 26.7 Å². The molecular formula is C12H17ClN4O2. The number of fused-ring (bicyclic) bond motifs is 3. The third-order valence-corrected chi connectivity index (χ3v) is 3.37. The summed E-state index contributed by atoms with van der Waals surface area (Å²) < 4.78 is 5.66. The van der Waals surface area contributed by atoms with Gasteiger partial charge in [0.05, 0.1) is 6.04 Å². The maximum absolute atomic E-state index is 11.5. The molecule has 0 aromatic carbocycles. The van der Waals surface area contributed by atoms with Crippen molar-refractivity contribution in [3.8, 4) is 5.88 Å². The number of hydrogen-bond acceptors (Lipinski definition) is 5. The largest absolute Gasteiger partial charge is 0.474 e. The van der Waals surface area contributed by atoms with Crippen molar-refractivity contribution in [3.63, 3.8) is 0 Å². The highest BCUT2D eigenvalue weighted by atomic mass is 35.5. The average Bonchev–Trinajstić information content (AvgIpc) is 2.45. The minimum Gasteiger partial charge on any atom is -0.474 e. The number of anilines is 1. The number of piperazine rings is 1. The molecule has 1 saturated heterocycles. The van der Waals surface area contributed by atoms with E-state index in [1.165, 1.54) is 0 Å². The lowest BCUT2D eigenvalue weighted by Crippen LogP contribution is -2.55. The molecule has 1 aromatic rings. The predicted octanol–water partition coefficient (Wildman–Crippen LogP) is 0.0336. The molecule has 2 aliphatic heterocycles. The first-order chi connectivity index (χ1) is 8.79. The summed E-state index contributed by atoms with van der Waals surface area (Å²) in [7, 11) is 1.59. The van der Waals surface area contributed by atoms with E-state index in [1.54, 1.807) is 13.1 Å². The van der Waals surface area contributed by atoms with Crippen molar-refractivity contribution in [2.24, 2.45) is 0 Å². The fourth-order valence-corrected chi connectivity index (χ4v) is 2.41. The fraction of sp³-hybridized carbons (Fsp3) is 0.500. The number of aromatic nitrogens is 1. The van der Waals surface area contributed by atoms with E-state index in [0.717, 1.165) is 25.3 Å². The molecule has 104 valence electrons. The van der Waals surface area contributed by atoms with Gasteiger partial charge in [-0.3, -0.25) is 4.79 Å². The molecule has 1 fully saturated rings. The maximum Gasteiger partial charge on any atom is 0.269 e. The molecular weight excluding hydrogens is 268 g/mol. The number of amides is 1. The van der Waals surface area contributed by atoms with Crippen LogP contribution >= 0.6 is 12.4 Å². The Hall–Kier alpha value is -1.53. The lowest BCUT2D eigenvalue weighted by Gasteiger charge is -2.41. The second-order valence-electron chi connectivity index (χ2n) is 4.46. The predicted molar refractivity (Wildman–Crippen MR) is 74.4 cm³/mol. The first-order valence-corrected chi connectivity index (χ1v) is 6.13. The van der Waals surface area contributed by atoms with Gasteiger partial charge in [-0.1, -0.05) is 0 Å². The van der Waals surface area contributed by atoms with Gasteiger partial charge in [-0.2, -0.15) is 0 Å². The van der Waals surface area contributed by atoms with E-state index < -0.39 is 0 Å². The Balaban J connectivity index is 0.00000133. The molecule has 0 aliphatic carbocycles. The van der Waals surface area contributed by atoms with E-state index in [4.69, 9.17) is 4.74 Å². The number of pyridine rings is 1. The van der Waals surface area contributed by atoms with Gasteiger partial charge in [-0.05, 0) is 12.1 Å². The van der Waals surface area contributed by atoms with Gasteiger partial charge in [-0.25, -0.2) is 4.98 Å². The number of ether oxygens (including phenoxy) is 1. The van der Waals surface area contributed by atoms with Crippen molar-refractivity contribution in [1.29, 1.82) is 0 Å². The Labute approximate surface area is 117 Å². The van der Waals surface area contributed by atoms with Crippen LogP contribution in [0.25, 0.3) is 0 Å². The smallest absolute Gasteiger partial charge is 0.269 e. The standard InChI is InChI=1S/C12H16N4O2.ClH/c1-13-11(17)9-2-3-10-12(15-9)18-7-8-6-14-4-5-16(8)10;/h2-3,8,14H,4-7H2,1H3,(H,13,17);1H/t8-;/m0./s1. The zero-order chi connectivity index (χ0) is 12.5. The average molecular weight is 285 g/mol. The molecule has 2 N–H and O–H groups in total. The third kappa shape index (κ3) is 2.46. The number of nitrogens with zero attached hydrogens (tertiary/aromatic N) is 2. The van der Waals surface area contributed by atoms with E-state index >= 15 is 0 Å². The molecule has 1 amide bonds. The molecule has 0 bridgehead atoms. The third-order valence-electron chi connectivity index (χ3n) is 3.37. The van der Waals surface area contributed by atoms with E-state index in [0.29, 0.717) is 24.2 Å². The summed E-state index contributed by atoms with van der Waals surface area (Å²) in [6.07, 6.45) is 0. The van der Waals surface area contributed by atoms with E-state index in [2.05, 4.69) is 20.5 Å². The number of rotatable bonds is 1. The molecule has 0 spiro atoms. The van der Waals surface area contributed by atoms with Gasteiger partial charge >= 0.3 is 0 Å². The minimum atomic E-state index is -0.191. The summed E-state index contributed by atoms with van der Waals surface area (Å²) >= 11 is 0. The topological polar surface area (TPSA) is 66.5 Å². The van der Waals surface area contributed by atoms with Gasteiger partial charge in [0.1, 0.15) is 18.0 Å². The normalized spacial score (nSPS) is 20.5. The molecule has 2 aliphatic rings. The highest BCUT2D eigenvalue weighted by Gasteiger charge is 2.30. The second-order valence-corrected chi connectivity index (χ2v) is 4.46. The maximum atomic E-state index is 11.5. The molecule has 3 heterocycles. The lowest BCUT2D eigenvalue weighted by molar-refractivity contribution is 0.0956. The van der Waals surface area contributed by atoms with Crippen LogP contribution in [0, 0.1) is 0 Å². The highest BCUT2D eigenvalue weighted by molar-refractivity contribution is 5.92. The molecule has 1 aromatic heterocycles. The Bertz CT molecular complexity index is 483. The van der Waals surface area contributed by atoms with Crippen LogP contribution in [0.4, 0.5) is 5.69 Å². The Kier molecular flexibility index (Phi) is 4.11. The van der Waals surface area contributed by atoms with Crippen molar-refractivity contribution >= 4 is 24.0 Å². The second kappa shape index (κ2) is 5.63. The summed E-state index contributed by atoms with van der Waals surface area (Å²) in [5.41, 5.74) is 1.38. The summed E-state index contributed by atoms with van der Waals surface area (Å²) in [6, 6.07) is 4.02. The van der Waals surface area contributed by atoms with Crippen LogP contribution in [-0.2, 0) is 0 Å². The Morgan fingerprint density at radius 1 is 1.58 bits per heavy atom. The Morgan fingerprint density at radius 2 is 2.42 bits per heavy atom. The zero-order valence-electron chi connectivity index (χ0n) is 10.7. The van der Waals surface area contributed by atoms with Gasteiger partial charge in [0.25, 0.3) is 5.91 Å². The number of hydrogen-bond donors (Lipinski definition) is 2. The Morgan fingerprint density at radius 3 is 3.21 bits per heavy atom. The van der Waals surface area contributed by atoms with Crippen LogP contribution in [0.3, 0.4) is 0 Å². The monoisotopic (exact) mass is 284 g/mol. The minimum absolute atomic E-state index is 0. The summed E-state index contributed by atoms with van der Waals surface area (Å²) in [5.74, 6) is 0.373. The van der Waals surface area contributed by atoms with E-state index in [-0.39, 0.29) is 18.3 Å². The van der Waals surface area contributed by atoms with Crippen LogP contribution < -0.4 is 20.3 Å².